The highest BCUT2D eigenvalue weighted by molar-refractivity contribution is 5.99. The van der Waals surface area contributed by atoms with Crippen LogP contribution in [0.1, 0.15) is 35.7 Å². The second-order valence-corrected chi connectivity index (χ2v) is 4.16. The van der Waals surface area contributed by atoms with Crippen LogP contribution in [-0.2, 0) is 11.2 Å². The van der Waals surface area contributed by atoms with Gasteiger partial charge in [0.1, 0.15) is 5.75 Å². The largest absolute Gasteiger partial charge is 0.479 e. The van der Waals surface area contributed by atoms with Gasteiger partial charge in [0.2, 0.25) is 0 Å². The predicted octanol–water partition coefficient (Wildman–Crippen LogP) is 2.06. The van der Waals surface area contributed by atoms with Crippen molar-refractivity contribution >= 4 is 11.8 Å². The van der Waals surface area contributed by atoms with Gasteiger partial charge in [-0.05, 0) is 25.8 Å². The van der Waals surface area contributed by atoms with Gasteiger partial charge in [-0.3, -0.25) is 4.79 Å². The molecule has 0 aliphatic heterocycles. The van der Waals surface area contributed by atoms with E-state index in [1.807, 2.05) is 0 Å². The number of carbonyl (C=O) groups is 2. The summed E-state index contributed by atoms with van der Waals surface area (Å²) in [6, 6.07) is 5.22. The third-order valence-electron chi connectivity index (χ3n) is 2.92. The maximum atomic E-state index is 11.7. The first-order valence-electron chi connectivity index (χ1n) is 5.64. The number of benzene rings is 1. The summed E-state index contributed by atoms with van der Waals surface area (Å²) in [5.41, 5.74) is 1.52. The summed E-state index contributed by atoms with van der Waals surface area (Å²) in [5, 5.41) is 8.81. The molecule has 0 amide bonds. The van der Waals surface area contributed by atoms with E-state index in [9.17, 15) is 9.59 Å². The average Bonchev–Trinajstić information content (AvgIpc) is 2.30. The molecule has 1 unspecified atom stereocenters. The Morgan fingerprint density at radius 3 is 2.88 bits per heavy atom. The molecule has 90 valence electrons. The Bertz CT molecular complexity index is 464. The molecule has 17 heavy (non-hydrogen) atoms. The van der Waals surface area contributed by atoms with Gasteiger partial charge < -0.3 is 9.84 Å². The molecule has 0 radical (unpaired) electrons. The van der Waals surface area contributed by atoms with Crippen LogP contribution in [0.25, 0.3) is 0 Å². The molecule has 1 N–H and O–H groups in total. The first kappa shape index (κ1) is 11.6. The lowest BCUT2D eigenvalue weighted by atomic mass is 9.90. The third-order valence-corrected chi connectivity index (χ3v) is 2.92. The molecule has 0 saturated heterocycles. The van der Waals surface area contributed by atoms with Gasteiger partial charge in [0.25, 0.3) is 0 Å². The minimum absolute atomic E-state index is 0.111. The normalized spacial score (nSPS) is 16.2. The summed E-state index contributed by atoms with van der Waals surface area (Å²) in [6.07, 6.45) is 1.22. The molecule has 1 aliphatic rings. The van der Waals surface area contributed by atoms with E-state index in [1.54, 1.807) is 18.2 Å². The maximum Gasteiger partial charge on any atom is 0.344 e. The fraction of sp³-hybridized carbons (Fsp3) is 0.385. The average molecular weight is 234 g/mol. The van der Waals surface area contributed by atoms with Crippen molar-refractivity contribution in [3.8, 4) is 5.75 Å². The number of Topliss-reactive ketones (excluding diaryl/α,β-unsaturated/α-hetero) is 1. The van der Waals surface area contributed by atoms with Crippen LogP contribution in [0, 0.1) is 0 Å². The van der Waals surface area contributed by atoms with Crippen molar-refractivity contribution in [1.29, 1.82) is 0 Å². The van der Waals surface area contributed by atoms with E-state index in [0.717, 1.165) is 18.4 Å². The molecule has 2 rings (SSSR count). The number of carboxylic acid groups (broad SMARTS) is 1. The third kappa shape index (κ3) is 2.30. The summed E-state index contributed by atoms with van der Waals surface area (Å²) >= 11 is 0. The first-order valence-corrected chi connectivity index (χ1v) is 5.64. The summed E-state index contributed by atoms with van der Waals surface area (Å²) in [4.78, 5) is 22.4. The smallest absolute Gasteiger partial charge is 0.344 e. The van der Waals surface area contributed by atoms with Crippen molar-refractivity contribution in [3.05, 3.63) is 29.3 Å². The summed E-state index contributed by atoms with van der Waals surface area (Å²) in [5.74, 6) is -0.380. The molecule has 0 heterocycles. The lowest BCUT2D eigenvalue weighted by Crippen LogP contribution is -2.24. The van der Waals surface area contributed by atoms with E-state index >= 15 is 0 Å². The SMILES string of the molecule is CC(Oc1cccc2c1CCCC2=O)C(=O)O. The molecule has 1 aliphatic carbocycles. The molecule has 1 aromatic carbocycles. The molecule has 4 heteroatoms. The Balaban J connectivity index is 2.32. The van der Waals surface area contributed by atoms with Crippen molar-refractivity contribution < 1.29 is 19.4 Å². The van der Waals surface area contributed by atoms with E-state index in [2.05, 4.69) is 0 Å². The van der Waals surface area contributed by atoms with Gasteiger partial charge >= 0.3 is 5.97 Å². The number of hydrogen-bond donors (Lipinski definition) is 1. The summed E-state index contributed by atoms with van der Waals surface area (Å²) < 4.78 is 5.37. The van der Waals surface area contributed by atoms with Crippen LogP contribution < -0.4 is 4.74 Å². The Kier molecular flexibility index (Phi) is 3.13. The van der Waals surface area contributed by atoms with Gasteiger partial charge in [-0.2, -0.15) is 0 Å². The highest BCUT2D eigenvalue weighted by atomic mass is 16.5. The summed E-state index contributed by atoms with van der Waals surface area (Å²) in [7, 11) is 0. The molecular weight excluding hydrogens is 220 g/mol. The summed E-state index contributed by atoms with van der Waals surface area (Å²) in [6.45, 7) is 1.48. The molecule has 4 nitrogen and oxygen atoms in total. The van der Waals surface area contributed by atoms with E-state index in [0.29, 0.717) is 17.7 Å². The quantitative estimate of drug-likeness (QED) is 0.869. The van der Waals surface area contributed by atoms with Gasteiger partial charge in [0, 0.05) is 17.5 Å². The monoisotopic (exact) mass is 234 g/mol. The van der Waals surface area contributed by atoms with Gasteiger partial charge in [-0.15, -0.1) is 0 Å². The molecule has 0 saturated carbocycles. The van der Waals surface area contributed by atoms with E-state index in [-0.39, 0.29) is 5.78 Å². The number of ether oxygens (including phenoxy) is 1. The van der Waals surface area contributed by atoms with Crippen molar-refractivity contribution in [2.45, 2.75) is 32.3 Å². The Morgan fingerprint density at radius 2 is 2.18 bits per heavy atom. The zero-order valence-corrected chi connectivity index (χ0v) is 9.60. The van der Waals surface area contributed by atoms with Crippen molar-refractivity contribution in [2.75, 3.05) is 0 Å². The molecule has 0 aromatic heterocycles. The zero-order valence-electron chi connectivity index (χ0n) is 9.60. The molecule has 0 fully saturated rings. The van der Waals surface area contributed by atoms with Gasteiger partial charge in [0.15, 0.2) is 11.9 Å². The zero-order chi connectivity index (χ0) is 12.4. The number of fused-ring (bicyclic) bond motifs is 1. The van der Waals surface area contributed by atoms with Crippen LogP contribution in [0.15, 0.2) is 18.2 Å². The number of rotatable bonds is 3. The standard InChI is InChI=1S/C13H14O4/c1-8(13(15)16)17-12-7-3-4-9-10(12)5-2-6-11(9)14/h3-4,7-8H,2,5-6H2,1H3,(H,15,16). The van der Waals surface area contributed by atoms with Gasteiger partial charge in [-0.1, -0.05) is 12.1 Å². The van der Waals surface area contributed by atoms with Crippen LogP contribution >= 0.6 is 0 Å². The number of carboxylic acids is 1. The first-order chi connectivity index (χ1) is 8.09. The Hall–Kier alpha value is -1.84. The fourth-order valence-corrected chi connectivity index (χ4v) is 2.00. The Morgan fingerprint density at radius 1 is 1.41 bits per heavy atom. The Labute approximate surface area is 99.2 Å². The van der Waals surface area contributed by atoms with Crippen molar-refractivity contribution in [2.24, 2.45) is 0 Å². The van der Waals surface area contributed by atoms with Crippen LogP contribution in [0.2, 0.25) is 0 Å². The highest BCUT2D eigenvalue weighted by Gasteiger charge is 2.22. The number of ketones is 1. The van der Waals surface area contributed by atoms with Crippen molar-refractivity contribution in [3.63, 3.8) is 0 Å². The topological polar surface area (TPSA) is 63.6 Å². The predicted molar refractivity (Wildman–Crippen MR) is 61.4 cm³/mol. The fourth-order valence-electron chi connectivity index (χ4n) is 2.00. The molecular formula is C13H14O4. The molecule has 1 atom stereocenters. The van der Waals surface area contributed by atoms with E-state index < -0.39 is 12.1 Å². The maximum absolute atomic E-state index is 11.7. The minimum Gasteiger partial charge on any atom is -0.479 e. The second-order valence-electron chi connectivity index (χ2n) is 4.16. The second kappa shape index (κ2) is 4.57. The number of carbonyl (C=O) groups excluding carboxylic acids is 1. The van der Waals surface area contributed by atoms with E-state index in [1.165, 1.54) is 6.92 Å². The van der Waals surface area contributed by atoms with Gasteiger partial charge in [0.05, 0.1) is 0 Å². The van der Waals surface area contributed by atoms with Crippen molar-refractivity contribution in [1.82, 2.24) is 0 Å². The number of aliphatic carboxylic acids is 1. The minimum atomic E-state index is -1.01. The van der Waals surface area contributed by atoms with Crippen LogP contribution in [0.3, 0.4) is 0 Å². The lowest BCUT2D eigenvalue weighted by Gasteiger charge is -2.20. The molecule has 1 aromatic rings. The van der Waals surface area contributed by atoms with Crippen LogP contribution in [0.5, 0.6) is 5.75 Å². The lowest BCUT2D eigenvalue weighted by molar-refractivity contribution is -0.144. The highest BCUT2D eigenvalue weighted by Crippen LogP contribution is 2.30. The number of hydrogen-bond acceptors (Lipinski definition) is 3. The molecule has 0 spiro atoms. The van der Waals surface area contributed by atoms with Crippen LogP contribution in [-0.4, -0.2) is 23.0 Å². The molecule has 0 bridgehead atoms. The van der Waals surface area contributed by atoms with E-state index in [4.69, 9.17) is 9.84 Å². The van der Waals surface area contributed by atoms with Crippen LogP contribution in [0.4, 0.5) is 0 Å². The van der Waals surface area contributed by atoms with Gasteiger partial charge in [-0.25, -0.2) is 4.79 Å².